The molecular weight excluding hydrogens is 301 g/mol. The lowest BCUT2D eigenvalue weighted by Crippen LogP contribution is -2.20. The number of carbonyl (C=O) groups is 1. The summed E-state index contributed by atoms with van der Waals surface area (Å²) in [5, 5.41) is 13.5. The van der Waals surface area contributed by atoms with E-state index in [9.17, 15) is 19.3 Å². The van der Waals surface area contributed by atoms with Gasteiger partial charge in [-0.25, -0.2) is 4.39 Å². The van der Waals surface area contributed by atoms with E-state index in [2.05, 4.69) is 10.3 Å². The highest BCUT2D eigenvalue weighted by molar-refractivity contribution is 5.92. The molecule has 118 valence electrons. The van der Waals surface area contributed by atoms with Gasteiger partial charge in [0.1, 0.15) is 5.82 Å². The van der Waals surface area contributed by atoms with Gasteiger partial charge in [0.05, 0.1) is 28.8 Å². The number of amides is 1. The van der Waals surface area contributed by atoms with Crippen molar-refractivity contribution in [2.75, 3.05) is 0 Å². The van der Waals surface area contributed by atoms with E-state index in [4.69, 9.17) is 0 Å². The number of nitro benzene ring substituents is 1. The summed E-state index contributed by atoms with van der Waals surface area (Å²) >= 11 is 0. The maximum atomic E-state index is 13.0. The Bertz CT molecular complexity index is 775. The van der Waals surface area contributed by atoms with Crippen LogP contribution in [0.15, 0.2) is 42.5 Å². The second-order valence-corrected chi connectivity index (χ2v) is 4.78. The average Bonchev–Trinajstić information content (AvgIpc) is 2.51. The molecule has 0 bridgehead atoms. The van der Waals surface area contributed by atoms with Gasteiger partial charge in [-0.2, -0.15) is 0 Å². The van der Waals surface area contributed by atoms with Crippen molar-refractivity contribution in [3.8, 4) is 0 Å². The zero-order chi connectivity index (χ0) is 16.8. The van der Waals surface area contributed by atoms with Crippen molar-refractivity contribution in [1.29, 1.82) is 0 Å². The molecule has 0 atom stereocenters. The van der Waals surface area contributed by atoms with Gasteiger partial charge in [0.15, 0.2) is 0 Å². The fraction of sp³-hybridized carbons (Fsp3) is 0.125. The summed E-state index contributed by atoms with van der Waals surface area (Å²) in [6.45, 7) is 2.09. The lowest BCUT2D eigenvalue weighted by Gasteiger charge is -2.03. The molecule has 1 amide bonds. The normalized spacial score (nSPS) is 10.7. The van der Waals surface area contributed by atoms with E-state index in [1.165, 1.54) is 12.1 Å². The van der Waals surface area contributed by atoms with E-state index in [1.807, 2.05) is 19.1 Å². The fourth-order valence-electron chi connectivity index (χ4n) is 1.92. The van der Waals surface area contributed by atoms with Crippen LogP contribution in [0.5, 0.6) is 0 Å². The largest absolute Gasteiger partial charge is 0.347 e. The van der Waals surface area contributed by atoms with Crippen LogP contribution in [0.2, 0.25) is 0 Å². The lowest BCUT2D eigenvalue weighted by molar-refractivity contribution is -0.385. The number of aryl methyl sites for hydroxylation is 1. The van der Waals surface area contributed by atoms with Gasteiger partial charge in [-0.1, -0.05) is 6.07 Å². The van der Waals surface area contributed by atoms with E-state index in [1.54, 1.807) is 6.07 Å². The molecule has 0 spiro atoms. The second-order valence-electron chi connectivity index (χ2n) is 4.78. The summed E-state index contributed by atoms with van der Waals surface area (Å²) in [6.07, 6.45) is 2.44. The Morgan fingerprint density at radius 2 is 2.17 bits per heavy atom. The molecule has 0 saturated carbocycles. The third-order valence-corrected chi connectivity index (χ3v) is 2.99. The molecule has 1 aromatic heterocycles. The van der Waals surface area contributed by atoms with Gasteiger partial charge in [-0.15, -0.1) is 0 Å². The van der Waals surface area contributed by atoms with Crippen LogP contribution in [0.3, 0.4) is 0 Å². The first-order chi connectivity index (χ1) is 11.0. The molecule has 0 unspecified atom stereocenters. The molecule has 0 aliphatic heterocycles. The quantitative estimate of drug-likeness (QED) is 0.522. The first-order valence-electron chi connectivity index (χ1n) is 6.78. The second kappa shape index (κ2) is 7.26. The minimum Gasteiger partial charge on any atom is -0.347 e. The van der Waals surface area contributed by atoms with Gasteiger partial charge >= 0.3 is 0 Å². The standard InChI is InChI=1S/C16H14FN3O3/c1-11-3-2-4-14(19-11)10-18-16(21)8-6-12-5-7-13(17)9-15(12)20(22)23/h2-9H,10H2,1H3,(H,18,21)/b8-6+. The van der Waals surface area contributed by atoms with Crippen molar-refractivity contribution in [3.05, 3.63) is 75.4 Å². The first kappa shape index (κ1) is 16.3. The summed E-state index contributed by atoms with van der Waals surface area (Å²) < 4.78 is 13.0. The Kier molecular flexibility index (Phi) is 5.14. The van der Waals surface area contributed by atoms with Crippen molar-refractivity contribution in [2.24, 2.45) is 0 Å². The minimum absolute atomic E-state index is 0.153. The summed E-state index contributed by atoms with van der Waals surface area (Å²) in [4.78, 5) is 26.2. The maximum Gasteiger partial charge on any atom is 0.279 e. The van der Waals surface area contributed by atoms with Crippen LogP contribution in [-0.4, -0.2) is 15.8 Å². The molecule has 23 heavy (non-hydrogen) atoms. The topological polar surface area (TPSA) is 85.1 Å². The summed E-state index contributed by atoms with van der Waals surface area (Å²) in [5.74, 6) is -1.13. The van der Waals surface area contributed by atoms with Crippen LogP contribution in [0.25, 0.3) is 6.08 Å². The molecule has 0 fully saturated rings. The Morgan fingerprint density at radius 1 is 1.39 bits per heavy atom. The Hall–Kier alpha value is -3.09. The van der Waals surface area contributed by atoms with Crippen LogP contribution in [0.1, 0.15) is 17.0 Å². The predicted molar refractivity (Wildman–Crippen MR) is 82.9 cm³/mol. The molecular formula is C16H14FN3O3. The van der Waals surface area contributed by atoms with Crippen molar-refractivity contribution >= 4 is 17.7 Å². The molecule has 1 heterocycles. The summed E-state index contributed by atoms with van der Waals surface area (Å²) in [6, 6.07) is 8.62. The van der Waals surface area contributed by atoms with Gasteiger partial charge in [0.2, 0.25) is 5.91 Å². The number of hydrogen-bond donors (Lipinski definition) is 1. The lowest BCUT2D eigenvalue weighted by atomic mass is 10.1. The summed E-state index contributed by atoms with van der Waals surface area (Å²) in [7, 11) is 0. The molecule has 1 aromatic carbocycles. The predicted octanol–water partition coefficient (Wildman–Crippen LogP) is 2.77. The van der Waals surface area contributed by atoms with Gasteiger partial charge in [0, 0.05) is 11.8 Å². The Balaban J connectivity index is 2.03. The van der Waals surface area contributed by atoms with Crippen LogP contribution < -0.4 is 5.32 Å². The van der Waals surface area contributed by atoms with Crippen LogP contribution >= 0.6 is 0 Å². The average molecular weight is 315 g/mol. The van der Waals surface area contributed by atoms with Crippen LogP contribution in [-0.2, 0) is 11.3 Å². The number of aromatic nitrogens is 1. The van der Waals surface area contributed by atoms with Gasteiger partial charge in [0.25, 0.3) is 5.69 Å². The number of pyridine rings is 1. The van der Waals surface area contributed by atoms with E-state index in [0.29, 0.717) is 5.69 Å². The van der Waals surface area contributed by atoms with E-state index < -0.39 is 22.3 Å². The molecule has 2 aromatic rings. The zero-order valence-corrected chi connectivity index (χ0v) is 12.3. The monoisotopic (exact) mass is 315 g/mol. The number of rotatable bonds is 5. The van der Waals surface area contributed by atoms with E-state index in [-0.39, 0.29) is 12.1 Å². The molecule has 0 radical (unpaired) electrons. The molecule has 0 saturated heterocycles. The smallest absolute Gasteiger partial charge is 0.279 e. The number of halogens is 1. The van der Waals surface area contributed by atoms with Crippen molar-refractivity contribution in [3.63, 3.8) is 0 Å². The number of nitrogens with one attached hydrogen (secondary N) is 1. The SMILES string of the molecule is Cc1cccc(CNC(=O)/C=C/c2ccc(F)cc2[N+](=O)[O-])n1. The number of carbonyl (C=O) groups excluding carboxylic acids is 1. The third kappa shape index (κ3) is 4.70. The number of hydrogen-bond acceptors (Lipinski definition) is 4. The fourth-order valence-corrected chi connectivity index (χ4v) is 1.92. The maximum absolute atomic E-state index is 13.0. The number of nitrogens with zero attached hydrogens (tertiary/aromatic N) is 2. The molecule has 0 aliphatic carbocycles. The van der Waals surface area contributed by atoms with E-state index in [0.717, 1.165) is 23.9 Å². The van der Waals surface area contributed by atoms with Gasteiger partial charge < -0.3 is 5.32 Å². The molecule has 2 rings (SSSR count). The molecule has 0 aliphatic rings. The van der Waals surface area contributed by atoms with Crippen molar-refractivity contribution in [1.82, 2.24) is 10.3 Å². The van der Waals surface area contributed by atoms with Crippen LogP contribution in [0.4, 0.5) is 10.1 Å². The minimum atomic E-state index is -0.705. The van der Waals surface area contributed by atoms with Crippen molar-refractivity contribution in [2.45, 2.75) is 13.5 Å². The highest BCUT2D eigenvalue weighted by Crippen LogP contribution is 2.20. The highest BCUT2D eigenvalue weighted by Gasteiger charge is 2.12. The van der Waals surface area contributed by atoms with Crippen molar-refractivity contribution < 1.29 is 14.1 Å². The van der Waals surface area contributed by atoms with Crippen LogP contribution in [0, 0.1) is 22.9 Å². The Labute approximate surface area is 131 Å². The van der Waals surface area contributed by atoms with Gasteiger partial charge in [-0.3, -0.25) is 19.9 Å². The highest BCUT2D eigenvalue weighted by atomic mass is 19.1. The molecule has 6 nitrogen and oxygen atoms in total. The number of nitro groups is 1. The Morgan fingerprint density at radius 3 is 2.87 bits per heavy atom. The molecule has 7 heteroatoms. The first-order valence-corrected chi connectivity index (χ1v) is 6.78. The van der Waals surface area contributed by atoms with E-state index >= 15 is 0 Å². The van der Waals surface area contributed by atoms with Gasteiger partial charge in [-0.05, 0) is 37.3 Å². The third-order valence-electron chi connectivity index (χ3n) is 2.99. The number of benzene rings is 1. The summed E-state index contributed by atoms with van der Waals surface area (Å²) in [5.41, 5.74) is 1.31. The zero-order valence-electron chi connectivity index (χ0n) is 12.3. The molecule has 1 N–H and O–H groups in total.